The second kappa shape index (κ2) is 12.5. The molecule has 142 valence electrons. The second-order valence-corrected chi connectivity index (χ2v) is 5.93. The van der Waals surface area contributed by atoms with Crippen molar-refractivity contribution >= 4 is 35.6 Å². The molecule has 0 radical (unpaired) electrons. The largest absolute Gasteiger partial charge is 0.396 e. The van der Waals surface area contributed by atoms with Gasteiger partial charge in [0.15, 0.2) is 5.96 Å². The van der Waals surface area contributed by atoms with Gasteiger partial charge in [0.25, 0.3) is 0 Å². The highest BCUT2D eigenvalue weighted by atomic mass is 127. The minimum Gasteiger partial charge on any atom is -0.396 e. The predicted molar refractivity (Wildman–Crippen MR) is 121 cm³/mol. The van der Waals surface area contributed by atoms with Crippen molar-refractivity contribution in [3.8, 4) is 0 Å². The van der Waals surface area contributed by atoms with Gasteiger partial charge in [-0.1, -0.05) is 48.5 Å². The van der Waals surface area contributed by atoms with Crippen LogP contribution in [0.2, 0.25) is 0 Å². The summed E-state index contributed by atoms with van der Waals surface area (Å²) in [6, 6.07) is 20.3. The lowest BCUT2D eigenvalue weighted by atomic mass is 10.0. The molecule has 3 N–H and O–H groups in total. The Morgan fingerprint density at radius 2 is 1.65 bits per heavy atom. The number of guanidine groups is 1. The van der Waals surface area contributed by atoms with Crippen LogP contribution in [0.1, 0.15) is 11.5 Å². The second-order valence-electron chi connectivity index (χ2n) is 5.93. The summed E-state index contributed by atoms with van der Waals surface area (Å²) in [5.74, 6) is 0.794. The minimum absolute atomic E-state index is 0. The van der Waals surface area contributed by atoms with Gasteiger partial charge in [-0.3, -0.25) is 4.99 Å². The first-order valence-corrected chi connectivity index (χ1v) is 8.61. The van der Waals surface area contributed by atoms with Crippen molar-refractivity contribution < 1.29 is 5.11 Å². The summed E-state index contributed by atoms with van der Waals surface area (Å²) >= 11 is 0. The topological polar surface area (TPSA) is 59.9 Å². The lowest BCUT2D eigenvalue weighted by molar-refractivity contribution is 0.265. The summed E-state index contributed by atoms with van der Waals surface area (Å²) < 4.78 is 0. The Bertz CT molecular complexity index is 637. The Balaban J connectivity index is 0.00000338. The van der Waals surface area contributed by atoms with Crippen LogP contribution in [0.15, 0.2) is 65.7 Å². The highest BCUT2D eigenvalue weighted by Crippen LogP contribution is 2.13. The van der Waals surface area contributed by atoms with Crippen LogP contribution in [0, 0.1) is 0 Å². The van der Waals surface area contributed by atoms with Crippen molar-refractivity contribution in [2.45, 2.75) is 5.92 Å². The van der Waals surface area contributed by atoms with Crippen LogP contribution in [0.4, 0.5) is 5.69 Å². The summed E-state index contributed by atoms with van der Waals surface area (Å²) in [6.07, 6.45) is 0. The fourth-order valence-corrected chi connectivity index (χ4v) is 2.61. The van der Waals surface area contributed by atoms with Gasteiger partial charge in [0.05, 0.1) is 6.61 Å². The van der Waals surface area contributed by atoms with Crippen LogP contribution in [-0.2, 0) is 0 Å². The third-order valence-electron chi connectivity index (χ3n) is 4.17. The number of nitrogens with zero attached hydrogens (tertiary/aromatic N) is 2. The summed E-state index contributed by atoms with van der Waals surface area (Å²) in [6.45, 7) is 2.38. The van der Waals surface area contributed by atoms with Crippen LogP contribution in [-0.4, -0.2) is 51.4 Å². The smallest absolute Gasteiger partial charge is 0.191 e. The lowest BCUT2D eigenvalue weighted by Gasteiger charge is -2.21. The average molecular weight is 468 g/mol. The summed E-state index contributed by atoms with van der Waals surface area (Å²) in [7, 11) is 3.83. The zero-order chi connectivity index (χ0) is 17.9. The van der Waals surface area contributed by atoms with E-state index in [1.807, 2.05) is 48.5 Å². The Morgan fingerprint density at radius 3 is 2.23 bits per heavy atom. The number of hydrogen-bond acceptors (Lipinski definition) is 3. The Hall–Kier alpha value is -1.80. The maximum atomic E-state index is 9.63. The summed E-state index contributed by atoms with van der Waals surface area (Å²) in [5, 5.41) is 16.2. The molecule has 2 aromatic rings. The van der Waals surface area contributed by atoms with Crippen molar-refractivity contribution in [3.63, 3.8) is 0 Å². The van der Waals surface area contributed by atoms with E-state index in [4.69, 9.17) is 0 Å². The molecule has 0 spiro atoms. The van der Waals surface area contributed by atoms with Gasteiger partial charge in [-0.05, 0) is 17.7 Å². The first kappa shape index (κ1) is 22.2. The number of aliphatic imine (C=N–C) groups is 1. The van der Waals surface area contributed by atoms with Gasteiger partial charge < -0.3 is 20.6 Å². The normalized spacial score (nSPS) is 12.0. The molecule has 6 heteroatoms. The van der Waals surface area contributed by atoms with Crippen LogP contribution >= 0.6 is 24.0 Å². The molecule has 0 amide bonds. The van der Waals surface area contributed by atoms with Gasteiger partial charge in [0.2, 0.25) is 0 Å². The maximum absolute atomic E-state index is 9.63. The first-order chi connectivity index (χ1) is 12.2. The fourth-order valence-electron chi connectivity index (χ4n) is 2.61. The molecule has 0 saturated carbocycles. The third kappa shape index (κ3) is 7.21. The van der Waals surface area contributed by atoms with E-state index >= 15 is 0 Å². The number of halogens is 1. The highest BCUT2D eigenvalue weighted by Gasteiger charge is 2.10. The third-order valence-corrected chi connectivity index (χ3v) is 4.17. The van der Waals surface area contributed by atoms with Gasteiger partial charge in [-0.25, -0.2) is 0 Å². The van der Waals surface area contributed by atoms with Crippen molar-refractivity contribution in [2.24, 2.45) is 4.99 Å². The Labute approximate surface area is 173 Å². The van der Waals surface area contributed by atoms with Crippen molar-refractivity contribution in [1.82, 2.24) is 10.6 Å². The first-order valence-electron chi connectivity index (χ1n) is 8.61. The van der Waals surface area contributed by atoms with Crippen LogP contribution in [0.3, 0.4) is 0 Å². The highest BCUT2D eigenvalue weighted by molar-refractivity contribution is 14.0. The quantitative estimate of drug-likeness (QED) is 0.317. The molecule has 0 aliphatic heterocycles. The van der Waals surface area contributed by atoms with E-state index in [2.05, 4.69) is 39.7 Å². The molecule has 5 nitrogen and oxygen atoms in total. The zero-order valence-electron chi connectivity index (χ0n) is 15.4. The predicted octanol–water partition coefficient (Wildman–Crippen LogP) is 2.68. The van der Waals surface area contributed by atoms with Gasteiger partial charge in [0, 0.05) is 45.3 Å². The van der Waals surface area contributed by atoms with E-state index in [0.29, 0.717) is 6.54 Å². The standard InChI is InChI=1S/C20H28N4O.HI/c1-21-20(22-13-14-24(2)19-11-7-4-8-12-19)23-15-18(16-25)17-9-5-3-6-10-17;/h3-12,18,25H,13-16H2,1-2H3,(H2,21,22,23);1H. The number of likely N-dealkylation sites (N-methyl/N-ethyl adjacent to an activating group) is 1. The summed E-state index contributed by atoms with van der Waals surface area (Å²) in [5.41, 5.74) is 2.31. The molecule has 0 aromatic heterocycles. The molecule has 0 aliphatic rings. The number of rotatable bonds is 8. The molecule has 0 bridgehead atoms. The fraction of sp³-hybridized carbons (Fsp3) is 0.350. The van der Waals surface area contributed by atoms with E-state index in [1.54, 1.807) is 7.05 Å². The number of aliphatic hydroxyl groups excluding tert-OH is 1. The maximum Gasteiger partial charge on any atom is 0.191 e. The molecule has 2 aromatic carbocycles. The van der Waals surface area contributed by atoms with Gasteiger partial charge >= 0.3 is 0 Å². The van der Waals surface area contributed by atoms with Crippen LogP contribution < -0.4 is 15.5 Å². The monoisotopic (exact) mass is 468 g/mol. The molecule has 0 heterocycles. The molecular weight excluding hydrogens is 439 g/mol. The number of benzene rings is 2. The van der Waals surface area contributed by atoms with E-state index in [-0.39, 0.29) is 36.5 Å². The summed E-state index contributed by atoms with van der Waals surface area (Å²) in [4.78, 5) is 6.45. The average Bonchev–Trinajstić information content (AvgIpc) is 2.68. The molecule has 1 unspecified atom stereocenters. The van der Waals surface area contributed by atoms with E-state index in [9.17, 15) is 5.11 Å². The van der Waals surface area contributed by atoms with Gasteiger partial charge in [-0.15, -0.1) is 24.0 Å². The van der Waals surface area contributed by atoms with E-state index in [1.165, 1.54) is 5.69 Å². The van der Waals surface area contributed by atoms with E-state index < -0.39 is 0 Å². The van der Waals surface area contributed by atoms with Gasteiger partial charge in [-0.2, -0.15) is 0 Å². The molecule has 1 atom stereocenters. The number of hydrogen-bond donors (Lipinski definition) is 3. The van der Waals surface area contributed by atoms with Crippen LogP contribution in [0.5, 0.6) is 0 Å². The van der Waals surface area contributed by atoms with Crippen LogP contribution in [0.25, 0.3) is 0 Å². The van der Waals surface area contributed by atoms with Gasteiger partial charge in [0.1, 0.15) is 0 Å². The van der Waals surface area contributed by atoms with E-state index in [0.717, 1.165) is 24.6 Å². The van der Waals surface area contributed by atoms with Crippen molar-refractivity contribution in [3.05, 3.63) is 66.2 Å². The number of nitrogens with one attached hydrogen (secondary N) is 2. The molecule has 2 rings (SSSR count). The minimum atomic E-state index is 0. The number of para-hydroxylation sites is 1. The molecular formula is C20H29IN4O. The lowest BCUT2D eigenvalue weighted by Crippen LogP contribution is -2.42. The SMILES string of the molecule is CN=C(NCCN(C)c1ccccc1)NCC(CO)c1ccccc1.I. The Kier molecular flexibility index (Phi) is 10.7. The Morgan fingerprint density at radius 1 is 1.04 bits per heavy atom. The number of aliphatic hydroxyl groups is 1. The number of anilines is 1. The molecule has 26 heavy (non-hydrogen) atoms. The molecule has 0 fully saturated rings. The molecule has 0 aliphatic carbocycles. The van der Waals surface area contributed by atoms with Crippen molar-refractivity contribution in [2.75, 3.05) is 45.2 Å². The van der Waals surface area contributed by atoms with Crippen molar-refractivity contribution in [1.29, 1.82) is 0 Å². The zero-order valence-corrected chi connectivity index (χ0v) is 17.8. The molecule has 0 saturated heterocycles.